The smallest absolute Gasteiger partial charge is 0.305 e. The van der Waals surface area contributed by atoms with Gasteiger partial charge in [0.15, 0.2) is 17.3 Å². The Hall–Kier alpha value is -5.70. The average molecular weight is 1020 g/mol. The summed E-state index contributed by atoms with van der Waals surface area (Å²) in [6.45, 7) is 10.0. The summed E-state index contributed by atoms with van der Waals surface area (Å²) in [7, 11) is 0. The van der Waals surface area contributed by atoms with E-state index in [0.717, 1.165) is 0 Å². The van der Waals surface area contributed by atoms with Crippen molar-refractivity contribution in [3.05, 3.63) is 66.4 Å². The van der Waals surface area contributed by atoms with E-state index in [1.807, 2.05) is 13.0 Å². The molecule has 0 fully saturated rings. The number of carboxylic acid groups (broad SMARTS) is 1. The highest BCUT2D eigenvalue weighted by Gasteiger charge is 2.24. The Morgan fingerprint density at radius 1 is 0.704 bits per heavy atom. The van der Waals surface area contributed by atoms with Crippen molar-refractivity contribution in [2.24, 2.45) is 4.99 Å². The van der Waals surface area contributed by atoms with E-state index >= 15 is 0 Å². The summed E-state index contributed by atoms with van der Waals surface area (Å²) in [5, 5.41) is 25.7. The van der Waals surface area contributed by atoms with Gasteiger partial charge in [-0.1, -0.05) is 24.8 Å². The predicted octanol–water partition coefficient (Wildman–Crippen LogP) is 1.93. The van der Waals surface area contributed by atoms with E-state index in [1.165, 1.54) is 30.8 Å². The molecule has 0 aliphatic carbocycles. The second-order valence-corrected chi connectivity index (χ2v) is 16.2. The lowest BCUT2D eigenvalue weighted by molar-refractivity contribution is -0.139. The quantitative estimate of drug-likeness (QED) is 0.0371. The molecule has 2 atom stereocenters. The Balaban J connectivity index is 1.17. The highest BCUT2D eigenvalue weighted by atomic mass is 32.2. The number of aliphatic carboxylic acids is 1. The van der Waals surface area contributed by atoms with Crippen LogP contribution in [0.25, 0.3) is 0 Å². The number of carbonyl (C=O) groups excluding carboxylic acids is 5. The third-order valence-electron chi connectivity index (χ3n) is 9.22. The van der Waals surface area contributed by atoms with Crippen LogP contribution >= 0.6 is 11.8 Å². The lowest BCUT2D eigenvalue weighted by Crippen LogP contribution is -2.48. The van der Waals surface area contributed by atoms with Crippen LogP contribution in [0.5, 0.6) is 5.75 Å². The lowest BCUT2D eigenvalue weighted by atomic mass is 10.1. The van der Waals surface area contributed by atoms with Gasteiger partial charge in [-0.3, -0.25) is 28.8 Å². The van der Waals surface area contributed by atoms with Crippen molar-refractivity contribution in [1.82, 2.24) is 21.3 Å². The number of aliphatic imine (C=N–C) groups is 1. The van der Waals surface area contributed by atoms with Gasteiger partial charge >= 0.3 is 5.97 Å². The molecule has 0 radical (unpaired) electrons. The number of nitrogens with one attached hydrogen (secondary N) is 6. The third kappa shape index (κ3) is 29.9. The molecular formula is C47H69N7O16S. The lowest BCUT2D eigenvalue weighted by Gasteiger charge is -2.20. The summed E-state index contributed by atoms with van der Waals surface area (Å²) in [5.41, 5.74) is 1.14. The molecule has 1 aliphatic rings. The first-order chi connectivity index (χ1) is 34.5. The molecule has 1 heterocycles. The molecule has 3 rings (SSSR count). The summed E-state index contributed by atoms with van der Waals surface area (Å²) in [5.74, 6) is -2.17. The van der Waals surface area contributed by atoms with Gasteiger partial charge in [0.1, 0.15) is 11.8 Å². The third-order valence-corrected chi connectivity index (χ3v) is 10.0. The molecule has 2 aromatic rings. The highest BCUT2D eigenvalue weighted by molar-refractivity contribution is 8.13. The molecule has 0 bridgehead atoms. The summed E-state index contributed by atoms with van der Waals surface area (Å²) in [4.78, 5) is 77.8. The fourth-order valence-corrected chi connectivity index (χ4v) is 6.24. The molecule has 7 N–H and O–H groups in total. The van der Waals surface area contributed by atoms with Gasteiger partial charge in [0, 0.05) is 42.2 Å². The molecule has 0 aromatic heterocycles. The minimum absolute atomic E-state index is 0.0843. The van der Waals surface area contributed by atoms with Gasteiger partial charge in [-0.25, -0.2) is 4.99 Å². The summed E-state index contributed by atoms with van der Waals surface area (Å²) >= 11 is 1.24. The van der Waals surface area contributed by atoms with E-state index in [2.05, 4.69) is 36.9 Å². The van der Waals surface area contributed by atoms with Crippen molar-refractivity contribution in [3.63, 3.8) is 0 Å². The number of carbonyl (C=O) groups is 6. The Morgan fingerprint density at radius 2 is 1.27 bits per heavy atom. The van der Waals surface area contributed by atoms with E-state index < -0.39 is 48.9 Å². The van der Waals surface area contributed by atoms with E-state index in [-0.39, 0.29) is 29.6 Å². The molecule has 24 heteroatoms. The van der Waals surface area contributed by atoms with Crippen LogP contribution in [0.1, 0.15) is 43.5 Å². The molecule has 0 spiro atoms. The van der Waals surface area contributed by atoms with Crippen molar-refractivity contribution >= 4 is 63.8 Å². The number of nitrogens with zero attached hydrogens (tertiary/aromatic N) is 1. The largest absolute Gasteiger partial charge is 0.481 e. The number of thioether (sulfide) groups is 1. The van der Waals surface area contributed by atoms with Crippen LogP contribution in [0.4, 0.5) is 11.4 Å². The van der Waals surface area contributed by atoms with Crippen molar-refractivity contribution in [1.29, 1.82) is 0 Å². The zero-order valence-corrected chi connectivity index (χ0v) is 41.2. The van der Waals surface area contributed by atoms with Gasteiger partial charge in [-0.15, -0.1) is 0 Å². The molecule has 0 saturated carbocycles. The summed E-state index contributed by atoms with van der Waals surface area (Å²) in [6.07, 6.45) is 2.77. The standard InChI is InChI=1S/C47H69N7O16S/c1-3-43(54-41(56)12-15-62-16-17-63-18-19-64-20-21-65-22-23-66-24-25-67-26-27-68-28-29-69-30-31-71-35(2)55)70-39-10-8-37(9-11-39)51-46(61)40(33-44(58)59)53-42(57)34-50-45(60)36-6-4-7-38(32-36)52-47-48-13-5-14-49-47/h4-11,13,32,40,43H,3,12,14-31,33-34H2,1-2H3,(H,50,60)(H,51,61)(H,53,57)(H,54,56)(H,58,59)(H2,48,49,52)/t40-,43-/m0/s1. The Labute approximate surface area is 418 Å². The number of hydrogen-bond donors (Lipinski definition) is 7. The molecule has 1 aliphatic heterocycles. The zero-order chi connectivity index (χ0) is 51.2. The Kier molecular flexibility index (Phi) is 31.9. The van der Waals surface area contributed by atoms with E-state index in [9.17, 15) is 33.9 Å². The molecular weight excluding hydrogens is 951 g/mol. The van der Waals surface area contributed by atoms with Crippen LogP contribution in [0, 0.1) is 0 Å². The second kappa shape index (κ2) is 38.0. The highest BCUT2D eigenvalue weighted by Crippen LogP contribution is 2.18. The number of amides is 4. The van der Waals surface area contributed by atoms with Crippen LogP contribution in [-0.4, -0.2) is 183 Å². The number of hydrogen-bond acceptors (Lipinski definition) is 19. The first-order valence-corrected chi connectivity index (χ1v) is 24.3. The van der Waals surface area contributed by atoms with Crippen molar-refractivity contribution in [2.75, 3.05) is 135 Å². The number of anilines is 2. The predicted molar refractivity (Wildman–Crippen MR) is 263 cm³/mol. The fraction of sp³-hybridized carbons (Fsp3) is 0.553. The molecule has 0 saturated heterocycles. The first-order valence-electron chi connectivity index (χ1n) is 23.3. The number of guanidine groups is 1. The topological polar surface area (TPSA) is 290 Å². The van der Waals surface area contributed by atoms with Gasteiger partial charge in [-0.05, 0) is 48.5 Å². The van der Waals surface area contributed by atoms with Crippen LogP contribution < -0.4 is 36.6 Å². The maximum absolute atomic E-state index is 13.1. The first kappa shape index (κ1) is 59.6. The average Bonchev–Trinajstić information content (AvgIpc) is 3.35. The Bertz CT molecular complexity index is 1940. The normalized spacial score (nSPS) is 12.7. The van der Waals surface area contributed by atoms with Crippen LogP contribution in [-0.2, 0) is 61.9 Å². The minimum Gasteiger partial charge on any atom is -0.481 e. The maximum Gasteiger partial charge on any atom is 0.305 e. The van der Waals surface area contributed by atoms with Gasteiger partial charge in [-0.2, -0.15) is 0 Å². The molecule has 4 amide bonds. The number of ether oxygens (including phenoxy) is 9. The molecule has 2 aromatic carbocycles. The van der Waals surface area contributed by atoms with Crippen molar-refractivity contribution in [2.45, 2.75) is 45.4 Å². The van der Waals surface area contributed by atoms with Crippen LogP contribution in [0.2, 0.25) is 0 Å². The summed E-state index contributed by atoms with van der Waals surface area (Å²) in [6, 6.07) is 11.2. The van der Waals surface area contributed by atoms with Crippen LogP contribution in [0.15, 0.2) is 65.8 Å². The van der Waals surface area contributed by atoms with Crippen molar-refractivity contribution in [3.8, 4) is 5.75 Å². The van der Waals surface area contributed by atoms with Gasteiger partial charge in [0.2, 0.25) is 17.7 Å². The number of benzene rings is 2. The molecule has 394 valence electrons. The van der Waals surface area contributed by atoms with Gasteiger partial charge in [0.05, 0.1) is 132 Å². The van der Waals surface area contributed by atoms with Gasteiger partial charge in [0.25, 0.3) is 5.91 Å². The summed E-state index contributed by atoms with van der Waals surface area (Å²) < 4.78 is 49.6. The second-order valence-electron chi connectivity index (χ2n) is 14.9. The molecule has 0 unspecified atom stereocenters. The monoisotopic (exact) mass is 1020 g/mol. The fourth-order valence-electron chi connectivity index (χ4n) is 5.75. The Morgan fingerprint density at radius 3 is 1.79 bits per heavy atom. The van der Waals surface area contributed by atoms with Crippen molar-refractivity contribution < 1.29 is 76.5 Å². The van der Waals surface area contributed by atoms with E-state index in [1.54, 1.807) is 42.6 Å². The van der Waals surface area contributed by atoms with Crippen LogP contribution in [0.3, 0.4) is 0 Å². The molecule has 23 nitrogen and oxygen atoms in total. The van der Waals surface area contributed by atoms with E-state index in [0.29, 0.717) is 141 Å². The minimum atomic E-state index is -1.45. The zero-order valence-electron chi connectivity index (χ0n) is 40.4. The maximum atomic E-state index is 13.1. The van der Waals surface area contributed by atoms with Gasteiger partial charge < -0.3 is 79.6 Å². The number of carboxylic acids is 1. The molecule has 71 heavy (non-hydrogen) atoms. The SMILES string of the molecule is CC[C@@H](NC(=O)CCOCCOCCOCCOCCOCCOCCOCCOCCSC(C)=O)Oc1ccc(NC(=O)[C@H](CC(=O)O)NC(=O)CNC(=O)c2cccc(NC3=NCC=CN3)c2)cc1. The number of rotatable bonds is 40. The van der Waals surface area contributed by atoms with E-state index in [4.69, 9.17) is 42.6 Å².